The van der Waals surface area contributed by atoms with Gasteiger partial charge in [-0.05, 0) is 20.4 Å². The smallest absolute Gasteiger partial charge is 0.105 e. The van der Waals surface area contributed by atoms with Crippen LogP contribution in [-0.4, -0.2) is 49.4 Å². The summed E-state index contributed by atoms with van der Waals surface area (Å²) in [6.07, 6.45) is -0.303. The van der Waals surface area contributed by atoms with E-state index in [0.717, 1.165) is 0 Å². The molecule has 1 aliphatic heterocycles. The first-order valence-electron chi connectivity index (χ1n) is 3.92. The van der Waals surface area contributed by atoms with Gasteiger partial charge in [-0.25, -0.2) is 0 Å². The minimum atomic E-state index is -0.270. The summed E-state index contributed by atoms with van der Waals surface area (Å²) in [6, 6.07) is -0.220. The van der Waals surface area contributed by atoms with E-state index in [2.05, 4.69) is 23.4 Å². The van der Waals surface area contributed by atoms with Crippen molar-refractivity contribution in [2.75, 3.05) is 6.61 Å². The predicted molar refractivity (Wildman–Crippen MR) is 48.1 cm³/mol. The van der Waals surface area contributed by atoms with E-state index < -0.39 is 0 Å². The van der Waals surface area contributed by atoms with Crippen LogP contribution in [0.5, 0.6) is 0 Å². The van der Waals surface area contributed by atoms with E-state index >= 15 is 0 Å². The van der Waals surface area contributed by atoms with Gasteiger partial charge in [-0.3, -0.25) is 9.98 Å². The summed E-state index contributed by atoms with van der Waals surface area (Å²) in [4.78, 5) is 7.77. The van der Waals surface area contributed by atoms with Gasteiger partial charge in [0.2, 0.25) is 0 Å². The van der Waals surface area contributed by atoms with Gasteiger partial charge >= 0.3 is 0 Å². The molecule has 1 saturated heterocycles. The first kappa shape index (κ1) is 9.35. The molecule has 0 saturated carbocycles. The summed E-state index contributed by atoms with van der Waals surface area (Å²) in [5.74, 6) is 0. The van der Waals surface area contributed by atoms with E-state index in [1.54, 1.807) is 0 Å². The number of ether oxygens (including phenoxy) is 1. The van der Waals surface area contributed by atoms with E-state index in [1.807, 2.05) is 6.92 Å². The summed E-state index contributed by atoms with van der Waals surface area (Å²) in [5, 5.41) is 8.92. The zero-order valence-corrected chi connectivity index (χ0v) is 7.18. The van der Waals surface area contributed by atoms with E-state index in [-0.39, 0.29) is 30.9 Å². The van der Waals surface area contributed by atoms with E-state index in [9.17, 15) is 0 Å². The van der Waals surface area contributed by atoms with Crippen LogP contribution in [0.25, 0.3) is 0 Å². The van der Waals surface area contributed by atoms with Crippen molar-refractivity contribution >= 4 is 13.4 Å². The molecule has 0 radical (unpaired) electrons. The monoisotopic (exact) mass is 170 g/mol. The lowest BCUT2D eigenvalue weighted by molar-refractivity contribution is 0.0146. The minimum absolute atomic E-state index is 0.0323. The zero-order valence-electron chi connectivity index (χ0n) is 7.18. The molecule has 4 unspecified atom stereocenters. The highest BCUT2D eigenvalue weighted by atomic mass is 16.5. The Bertz CT molecular complexity index is 184. The number of aliphatic hydroxyl groups excluding tert-OH is 1. The van der Waals surface area contributed by atoms with Gasteiger partial charge in [0, 0.05) is 0 Å². The molecule has 4 nitrogen and oxygen atoms in total. The molecular formula is C8H14N2O2. The average molecular weight is 170 g/mol. The van der Waals surface area contributed by atoms with Crippen molar-refractivity contribution in [2.45, 2.75) is 31.2 Å². The van der Waals surface area contributed by atoms with Gasteiger partial charge in [-0.2, -0.15) is 0 Å². The Labute approximate surface area is 72.0 Å². The van der Waals surface area contributed by atoms with Crippen molar-refractivity contribution in [3.8, 4) is 0 Å². The van der Waals surface area contributed by atoms with Crippen LogP contribution in [0.1, 0.15) is 6.92 Å². The SMILES string of the molecule is C=NC1C(C)OC(CO)C1N=C. The van der Waals surface area contributed by atoms with Crippen LogP contribution in [0.15, 0.2) is 9.98 Å². The molecule has 1 rings (SSSR count). The Morgan fingerprint density at radius 1 is 1.33 bits per heavy atom. The van der Waals surface area contributed by atoms with Gasteiger partial charge in [0.15, 0.2) is 0 Å². The fourth-order valence-electron chi connectivity index (χ4n) is 1.57. The molecule has 1 aliphatic rings. The quantitative estimate of drug-likeness (QED) is 0.601. The first-order valence-corrected chi connectivity index (χ1v) is 3.92. The molecule has 1 heterocycles. The molecule has 1 N–H and O–H groups in total. The minimum Gasteiger partial charge on any atom is -0.394 e. The van der Waals surface area contributed by atoms with Gasteiger partial charge in [-0.15, -0.1) is 0 Å². The van der Waals surface area contributed by atoms with Gasteiger partial charge < -0.3 is 9.84 Å². The Hall–Kier alpha value is -0.740. The fraction of sp³-hybridized carbons (Fsp3) is 0.750. The van der Waals surface area contributed by atoms with E-state index in [1.165, 1.54) is 0 Å². The summed E-state index contributed by atoms with van der Waals surface area (Å²) < 4.78 is 5.40. The van der Waals surface area contributed by atoms with Gasteiger partial charge in [0.05, 0.1) is 18.8 Å². The lowest BCUT2D eigenvalue weighted by atomic mass is 10.0. The normalized spacial score (nSPS) is 41.2. The largest absolute Gasteiger partial charge is 0.394 e. The second-order valence-corrected chi connectivity index (χ2v) is 2.91. The Kier molecular flexibility index (Phi) is 2.94. The Balaban J connectivity index is 2.74. The van der Waals surface area contributed by atoms with Gasteiger partial charge in [-0.1, -0.05) is 0 Å². The molecule has 0 aromatic rings. The van der Waals surface area contributed by atoms with E-state index in [0.29, 0.717) is 0 Å². The highest BCUT2D eigenvalue weighted by Gasteiger charge is 2.40. The number of hydrogen-bond acceptors (Lipinski definition) is 4. The van der Waals surface area contributed by atoms with Crippen LogP contribution >= 0.6 is 0 Å². The molecule has 68 valence electrons. The van der Waals surface area contributed by atoms with Crippen molar-refractivity contribution in [2.24, 2.45) is 9.98 Å². The summed E-state index contributed by atoms with van der Waals surface area (Å²) in [7, 11) is 0. The molecule has 0 spiro atoms. The maximum atomic E-state index is 8.92. The highest BCUT2D eigenvalue weighted by Crippen LogP contribution is 2.25. The van der Waals surface area contributed by atoms with Crippen molar-refractivity contribution in [1.82, 2.24) is 0 Å². The molecule has 0 aromatic heterocycles. The number of nitrogens with zero attached hydrogens (tertiary/aromatic N) is 2. The summed E-state index contributed by atoms with van der Waals surface area (Å²) >= 11 is 0. The van der Waals surface area contributed by atoms with Crippen LogP contribution in [0.4, 0.5) is 0 Å². The third kappa shape index (κ3) is 1.40. The average Bonchev–Trinajstić information content (AvgIpc) is 2.40. The van der Waals surface area contributed by atoms with Crippen molar-refractivity contribution < 1.29 is 9.84 Å². The maximum absolute atomic E-state index is 8.92. The van der Waals surface area contributed by atoms with Gasteiger partial charge in [0.1, 0.15) is 12.1 Å². The zero-order chi connectivity index (χ0) is 9.14. The van der Waals surface area contributed by atoms with Crippen LogP contribution in [0.3, 0.4) is 0 Å². The molecule has 12 heavy (non-hydrogen) atoms. The topological polar surface area (TPSA) is 54.2 Å². The van der Waals surface area contributed by atoms with Crippen LogP contribution < -0.4 is 0 Å². The number of aliphatic imine (C=N–C) groups is 2. The van der Waals surface area contributed by atoms with Crippen LogP contribution in [0.2, 0.25) is 0 Å². The van der Waals surface area contributed by atoms with Crippen molar-refractivity contribution in [1.29, 1.82) is 0 Å². The van der Waals surface area contributed by atoms with E-state index in [4.69, 9.17) is 9.84 Å². The number of aliphatic hydroxyl groups is 1. The summed E-state index contributed by atoms with van der Waals surface area (Å²) in [6.45, 7) is 8.76. The molecule has 0 bridgehead atoms. The molecule has 4 heteroatoms. The molecule has 4 atom stereocenters. The molecule has 0 aliphatic carbocycles. The molecule has 1 fully saturated rings. The van der Waals surface area contributed by atoms with Crippen molar-refractivity contribution in [3.63, 3.8) is 0 Å². The number of rotatable bonds is 3. The summed E-state index contributed by atoms with van der Waals surface area (Å²) in [5.41, 5.74) is 0. The Morgan fingerprint density at radius 3 is 2.33 bits per heavy atom. The first-order chi connectivity index (χ1) is 5.74. The third-order valence-corrected chi connectivity index (χ3v) is 2.20. The predicted octanol–water partition coefficient (Wildman–Crippen LogP) is -0.0956. The standard InChI is InChI=1S/C8H14N2O2/c1-5-7(9-2)8(10-3)6(4-11)12-5/h5-8,11H,2-4H2,1H3. The molecule has 0 amide bonds. The number of hydrogen-bond donors (Lipinski definition) is 1. The highest BCUT2D eigenvalue weighted by molar-refractivity contribution is 5.29. The van der Waals surface area contributed by atoms with Crippen LogP contribution in [-0.2, 0) is 4.74 Å². The lowest BCUT2D eigenvalue weighted by Gasteiger charge is -2.13. The second-order valence-electron chi connectivity index (χ2n) is 2.91. The van der Waals surface area contributed by atoms with Crippen LogP contribution in [0, 0.1) is 0 Å². The van der Waals surface area contributed by atoms with Crippen molar-refractivity contribution in [3.05, 3.63) is 0 Å². The second kappa shape index (κ2) is 3.78. The fourth-order valence-corrected chi connectivity index (χ4v) is 1.57. The molecular weight excluding hydrogens is 156 g/mol. The maximum Gasteiger partial charge on any atom is 0.105 e. The third-order valence-electron chi connectivity index (χ3n) is 2.20. The lowest BCUT2D eigenvalue weighted by Crippen LogP contribution is -2.30. The molecule has 0 aromatic carbocycles. The Morgan fingerprint density at radius 2 is 1.92 bits per heavy atom. The van der Waals surface area contributed by atoms with Gasteiger partial charge in [0.25, 0.3) is 0 Å².